The molecule has 0 aliphatic carbocycles. The van der Waals surface area contributed by atoms with Gasteiger partial charge in [0.05, 0.1) is 17.2 Å². The van der Waals surface area contributed by atoms with Gasteiger partial charge in [0.25, 0.3) is 5.91 Å². The lowest BCUT2D eigenvalue weighted by molar-refractivity contribution is -0.126. The second kappa shape index (κ2) is 7.38. The number of hydrogen-bond donors (Lipinski definition) is 1. The van der Waals surface area contributed by atoms with Crippen molar-refractivity contribution in [1.82, 2.24) is 20.2 Å². The van der Waals surface area contributed by atoms with E-state index < -0.39 is 0 Å². The predicted octanol–water partition coefficient (Wildman–Crippen LogP) is 2.01. The van der Waals surface area contributed by atoms with Gasteiger partial charge >= 0.3 is 0 Å². The molecule has 0 spiro atoms. The van der Waals surface area contributed by atoms with E-state index in [0.29, 0.717) is 38.2 Å². The van der Waals surface area contributed by atoms with Crippen molar-refractivity contribution in [3.8, 4) is 0 Å². The molecule has 1 aromatic heterocycles. The van der Waals surface area contributed by atoms with E-state index in [9.17, 15) is 9.59 Å². The molecule has 1 saturated heterocycles. The number of benzene rings is 1. The van der Waals surface area contributed by atoms with Gasteiger partial charge < -0.3 is 10.2 Å². The summed E-state index contributed by atoms with van der Waals surface area (Å²) in [5, 5.41) is 2.93. The van der Waals surface area contributed by atoms with E-state index in [1.165, 1.54) is 6.20 Å². The molecule has 1 aliphatic heterocycles. The van der Waals surface area contributed by atoms with Gasteiger partial charge in [0.15, 0.2) is 0 Å². The Hall–Kier alpha value is -2.50. The number of likely N-dealkylation sites (tertiary alicyclic amines) is 1. The van der Waals surface area contributed by atoms with Gasteiger partial charge in [0.2, 0.25) is 5.91 Å². The van der Waals surface area contributed by atoms with Crippen LogP contribution in [-0.4, -0.2) is 46.3 Å². The van der Waals surface area contributed by atoms with Crippen molar-refractivity contribution in [2.45, 2.75) is 26.2 Å². The van der Waals surface area contributed by atoms with Gasteiger partial charge in [-0.15, -0.1) is 0 Å². The molecule has 3 rings (SSSR count). The standard InChI is InChI=1S/C18H22N4O2/c1-2-9-19-17(23)13-7-10-22(11-8-13)18(24)16-12-20-14-5-3-4-6-15(14)21-16/h3-6,12-13H,2,7-11H2,1H3,(H,19,23). The lowest BCUT2D eigenvalue weighted by atomic mass is 9.95. The molecule has 6 nitrogen and oxygen atoms in total. The summed E-state index contributed by atoms with van der Waals surface area (Å²) < 4.78 is 0. The first-order chi connectivity index (χ1) is 11.7. The molecule has 0 bridgehead atoms. The number of nitrogens with one attached hydrogen (secondary N) is 1. The van der Waals surface area contributed by atoms with Crippen LogP contribution in [0, 0.1) is 5.92 Å². The van der Waals surface area contributed by atoms with E-state index in [4.69, 9.17) is 0 Å². The first-order valence-corrected chi connectivity index (χ1v) is 8.48. The summed E-state index contributed by atoms with van der Waals surface area (Å²) in [7, 11) is 0. The van der Waals surface area contributed by atoms with Crippen LogP contribution < -0.4 is 5.32 Å². The minimum Gasteiger partial charge on any atom is -0.356 e. The third-order valence-corrected chi connectivity index (χ3v) is 4.37. The topological polar surface area (TPSA) is 75.2 Å². The molecule has 126 valence electrons. The smallest absolute Gasteiger partial charge is 0.274 e. The van der Waals surface area contributed by atoms with Crippen molar-refractivity contribution < 1.29 is 9.59 Å². The van der Waals surface area contributed by atoms with Crippen LogP contribution in [0.4, 0.5) is 0 Å². The lowest BCUT2D eigenvalue weighted by Crippen LogP contribution is -2.43. The van der Waals surface area contributed by atoms with Gasteiger partial charge in [-0.2, -0.15) is 0 Å². The van der Waals surface area contributed by atoms with Crippen LogP contribution >= 0.6 is 0 Å². The molecule has 1 fully saturated rings. The summed E-state index contributed by atoms with van der Waals surface area (Å²) >= 11 is 0. The molecule has 1 aromatic carbocycles. The fourth-order valence-electron chi connectivity index (χ4n) is 2.96. The van der Waals surface area contributed by atoms with Crippen molar-refractivity contribution in [3.05, 3.63) is 36.2 Å². The summed E-state index contributed by atoms with van der Waals surface area (Å²) in [6.45, 7) is 3.91. The monoisotopic (exact) mass is 326 g/mol. The highest BCUT2D eigenvalue weighted by atomic mass is 16.2. The van der Waals surface area contributed by atoms with Gasteiger partial charge in [-0.05, 0) is 31.4 Å². The second-order valence-electron chi connectivity index (χ2n) is 6.10. The average molecular weight is 326 g/mol. The molecule has 1 aliphatic rings. The van der Waals surface area contributed by atoms with Gasteiger partial charge in [0, 0.05) is 25.6 Å². The Bertz CT molecular complexity index is 739. The number of aromatic nitrogens is 2. The Balaban J connectivity index is 1.63. The van der Waals surface area contributed by atoms with Crippen molar-refractivity contribution >= 4 is 22.8 Å². The van der Waals surface area contributed by atoms with Crippen molar-refractivity contribution in [2.75, 3.05) is 19.6 Å². The Morgan fingerprint density at radius 2 is 1.92 bits per heavy atom. The van der Waals surface area contributed by atoms with Crippen molar-refractivity contribution in [1.29, 1.82) is 0 Å². The number of amides is 2. The van der Waals surface area contributed by atoms with Crippen LogP contribution in [-0.2, 0) is 4.79 Å². The van der Waals surface area contributed by atoms with Crippen molar-refractivity contribution in [2.24, 2.45) is 5.92 Å². The average Bonchev–Trinajstić information content (AvgIpc) is 2.65. The Morgan fingerprint density at radius 1 is 1.21 bits per heavy atom. The first kappa shape index (κ1) is 16.4. The van der Waals surface area contributed by atoms with E-state index >= 15 is 0 Å². The van der Waals surface area contributed by atoms with Crippen LogP contribution in [0.15, 0.2) is 30.5 Å². The summed E-state index contributed by atoms with van der Waals surface area (Å²) in [5.41, 5.74) is 1.86. The fourth-order valence-corrected chi connectivity index (χ4v) is 2.96. The summed E-state index contributed by atoms with van der Waals surface area (Å²) in [6.07, 6.45) is 3.86. The number of rotatable bonds is 4. The van der Waals surface area contributed by atoms with Gasteiger partial charge in [-0.3, -0.25) is 14.6 Å². The van der Waals surface area contributed by atoms with E-state index in [0.717, 1.165) is 17.5 Å². The molecular formula is C18H22N4O2. The van der Waals surface area contributed by atoms with Crippen LogP contribution in [0.1, 0.15) is 36.7 Å². The van der Waals surface area contributed by atoms with Gasteiger partial charge in [-0.1, -0.05) is 19.1 Å². The maximum Gasteiger partial charge on any atom is 0.274 e. The quantitative estimate of drug-likeness (QED) is 0.932. The first-order valence-electron chi connectivity index (χ1n) is 8.48. The highest BCUT2D eigenvalue weighted by Gasteiger charge is 2.28. The summed E-state index contributed by atoms with van der Waals surface area (Å²) in [5.74, 6) is -0.00148. The van der Waals surface area contributed by atoms with Crippen molar-refractivity contribution in [3.63, 3.8) is 0 Å². The zero-order valence-corrected chi connectivity index (χ0v) is 13.9. The van der Waals surface area contributed by atoms with E-state index in [-0.39, 0.29) is 17.7 Å². The summed E-state index contributed by atoms with van der Waals surface area (Å²) in [4.78, 5) is 35.1. The minimum atomic E-state index is -0.110. The molecule has 0 saturated carbocycles. The SMILES string of the molecule is CCCNC(=O)C1CCN(C(=O)c2cnc3ccccc3n2)CC1. The van der Waals surface area contributed by atoms with E-state index in [1.54, 1.807) is 4.90 Å². The number of fused-ring (bicyclic) bond motifs is 1. The number of carbonyl (C=O) groups excluding carboxylic acids is 2. The Kier molecular flexibility index (Phi) is 5.03. The van der Waals surface area contributed by atoms with E-state index in [2.05, 4.69) is 15.3 Å². The molecule has 24 heavy (non-hydrogen) atoms. The highest BCUT2D eigenvalue weighted by molar-refractivity contribution is 5.94. The molecule has 1 N–H and O–H groups in total. The molecule has 2 aromatic rings. The Labute approximate surface area is 141 Å². The van der Waals surface area contributed by atoms with Crippen LogP contribution in [0.5, 0.6) is 0 Å². The summed E-state index contributed by atoms with van der Waals surface area (Å²) in [6, 6.07) is 7.50. The molecule has 2 heterocycles. The molecule has 0 atom stereocenters. The van der Waals surface area contributed by atoms with E-state index in [1.807, 2.05) is 31.2 Å². The lowest BCUT2D eigenvalue weighted by Gasteiger charge is -2.31. The number of hydrogen-bond acceptors (Lipinski definition) is 4. The molecule has 2 amide bonds. The van der Waals surface area contributed by atoms with Crippen LogP contribution in [0.25, 0.3) is 11.0 Å². The number of para-hydroxylation sites is 2. The zero-order valence-electron chi connectivity index (χ0n) is 13.9. The molecular weight excluding hydrogens is 304 g/mol. The number of carbonyl (C=O) groups is 2. The Morgan fingerprint density at radius 3 is 2.62 bits per heavy atom. The highest BCUT2D eigenvalue weighted by Crippen LogP contribution is 2.19. The number of piperidine rings is 1. The van der Waals surface area contributed by atoms with Gasteiger partial charge in [-0.25, -0.2) is 4.98 Å². The normalized spacial score (nSPS) is 15.5. The zero-order chi connectivity index (χ0) is 16.9. The molecule has 0 radical (unpaired) electrons. The third-order valence-electron chi connectivity index (χ3n) is 4.37. The van der Waals surface area contributed by atoms with Crippen LogP contribution in [0.3, 0.4) is 0 Å². The minimum absolute atomic E-state index is 0.00304. The second-order valence-corrected chi connectivity index (χ2v) is 6.10. The predicted molar refractivity (Wildman–Crippen MR) is 91.5 cm³/mol. The molecule has 6 heteroatoms. The van der Waals surface area contributed by atoms with Crippen LogP contribution in [0.2, 0.25) is 0 Å². The van der Waals surface area contributed by atoms with Gasteiger partial charge in [0.1, 0.15) is 5.69 Å². The molecule has 0 unspecified atom stereocenters. The fraction of sp³-hybridized carbons (Fsp3) is 0.444. The maximum absolute atomic E-state index is 12.6. The maximum atomic E-state index is 12.6. The number of nitrogens with zero attached hydrogens (tertiary/aromatic N) is 3. The third kappa shape index (κ3) is 3.53. The largest absolute Gasteiger partial charge is 0.356 e.